The van der Waals surface area contributed by atoms with Crippen molar-refractivity contribution in [3.05, 3.63) is 34.1 Å². The first kappa shape index (κ1) is 13.7. The topological polar surface area (TPSA) is 12.0 Å². The molecule has 3 heteroatoms. The van der Waals surface area contributed by atoms with Gasteiger partial charge in [-0.3, -0.25) is 0 Å². The third-order valence-electron chi connectivity index (χ3n) is 2.69. The van der Waals surface area contributed by atoms with Gasteiger partial charge in [-0.25, -0.2) is 4.39 Å². The fourth-order valence-corrected chi connectivity index (χ4v) is 2.58. The molecule has 0 fully saturated rings. The van der Waals surface area contributed by atoms with E-state index in [-0.39, 0.29) is 11.9 Å². The van der Waals surface area contributed by atoms with Crippen LogP contribution in [0, 0.1) is 5.82 Å². The zero-order valence-electron chi connectivity index (χ0n) is 10.1. The van der Waals surface area contributed by atoms with Crippen LogP contribution in [0.15, 0.2) is 22.7 Å². The molecule has 90 valence electrons. The Kier molecular flexibility index (Phi) is 5.42. The van der Waals surface area contributed by atoms with Gasteiger partial charge in [-0.05, 0) is 38.0 Å². The average Bonchev–Trinajstić information content (AvgIpc) is 2.17. The van der Waals surface area contributed by atoms with Gasteiger partial charge in [0.1, 0.15) is 5.82 Å². The zero-order valence-corrected chi connectivity index (χ0v) is 11.6. The standard InChI is InChI=1S/C13H19BrFN/c1-4-5-9(2)16-10(3)12-7-6-11(15)8-13(12)14/h6-10,16H,4-5H2,1-3H3. The molecule has 1 aromatic rings. The van der Waals surface area contributed by atoms with E-state index < -0.39 is 0 Å². The summed E-state index contributed by atoms with van der Waals surface area (Å²) in [5.74, 6) is -0.204. The predicted octanol–water partition coefficient (Wildman–Crippen LogP) is 4.43. The van der Waals surface area contributed by atoms with Crippen molar-refractivity contribution in [3.63, 3.8) is 0 Å². The zero-order chi connectivity index (χ0) is 12.1. The Morgan fingerprint density at radius 3 is 2.62 bits per heavy atom. The van der Waals surface area contributed by atoms with Crippen molar-refractivity contribution in [3.8, 4) is 0 Å². The molecule has 0 bridgehead atoms. The van der Waals surface area contributed by atoms with Crippen molar-refractivity contribution in [1.29, 1.82) is 0 Å². The van der Waals surface area contributed by atoms with E-state index in [2.05, 4.69) is 42.0 Å². The maximum Gasteiger partial charge on any atom is 0.124 e. The smallest absolute Gasteiger partial charge is 0.124 e. The van der Waals surface area contributed by atoms with E-state index in [4.69, 9.17) is 0 Å². The first-order valence-corrected chi connectivity index (χ1v) is 6.55. The van der Waals surface area contributed by atoms with Gasteiger partial charge < -0.3 is 5.32 Å². The Labute approximate surface area is 106 Å². The first-order chi connectivity index (χ1) is 7.54. The lowest BCUT2D eigenvalue weighted by Crippen LogP contribution is -2.28. The first-order valence-electron chi connectivity index (χ1n) is 5.75. The van der Waals surface area contributed by atoms with Gasteiger partial charge in [-0.1, -0.05) is 35.3 Å². The Morgan fingerprint density at radius 1 is 1.38 bits per heavy atom. The summed E-state index contributed by atoms with van der Waals surface area (Å²) in [5.41, 5.74) is 1.10. The molecule has 2 unspecified atom stereocenters. The number of nitrogens with one attached hydrogen (secondary N) is 1. The normalized spacial score (nSPS) is 14.8. The van der Waals surface area contributed by atoms with Crippen molar-refractivity contribution in [2.45, 2.75) is 45.7 Å². The second-order valence-corrected chi connectivity index (χ2v) is 5.10. The molecule has 0 aliphatic heterocycles. The molecule has 1 rings (SSSR count). The third kappa shape index (κ3) is 3.87. The van der Waals surface area contributed by atoms with E-state index in [1.54, 1.807) is 0 Å². The van der Waals surface area contributed by atoms with Gasteiger partial charge >= 0.3 is 0 Å². The number of hydrogen-bond acceptors (Lipinski definition) is 1. The van der Waals surface area contributed by atoms with Crippen LogP contribution in [0.3, 0.4) is 0 Å². The molecule has 16 heavy (non-hydrogen) atoms. The average molecular weight is 288 g/mol. The maximum absolute atomic E-state index is 12.9. The summed E-state index contributed by atoms with van der Waals surface area (Å²) in [6.45, 7) is 6.46. The van der Waals surface area contributed by atoms with E-state index >= 15 is 0 Å². The highest BCUT2D eigenvalue weighted by Gasteiger charge is 2.12. The van der Waals surface area contributed by atoms with Crippen LogP contribution >= 0.6 is 15.9 Å². The molecule has 1 nitrogen and oxygen atoms in total. The summed E-state index contributed by atoms with van der Waals surface area (Å²) in [6, 6.07) is 5.56. The van der Waals surface area contributed by atoms with E-state index in [0.717, 1.165) is 16.5 Å². The number of rotatable bonds is 5. The Morgan fingerprint density at radius 2 is 2.06 bits per heavy atom. The van der Waals surface area contributed by atoms with Crippen LogP contribution in [0.25, 0.3) is 0 Å². The molecule has 1 N–H and O–H groups in total. The maximum atomic E-state index is 12.9. The Bertz CT molecular complexity index is 341. The molecule has 0 aliphatic carbocycles. The molecular weight excluding hydrogens is 269 g/mol. The fourth-order valence-electron chi connectivity index (χ4n) is 1.89. The van der Waals surface area contributed by atoms with Crippen molar-refractivity contribution >= 4 is 15.9 Å². The minimum absolute atomic E-state index is 0.204. The van der Waals surface area contributed by atoms with Gasteiger partial charge in [0, 0.05) is 16.6 Å². The summed E-state index contributed by atoms with van der Waals surface area (Å²) in [6.07, 6.45) is 2.33. The van der Waals surface area contributed by atoms with Crippen LogP contribution in [0.5, 0.6) is 0 Å². The van der Waals surface area contributed by atoms with Gasteiger partial charge in [-0.15, -0.1) is 0 Å². The molecule has 0 spiro atoms. The molecule has 0 aromatic heterocycles. The summed E-state index contributed by atoms with van der Waals surface area (Å²) >= 11 is 3.40. The molecule has 0 amide bonds. The lowest BCUT2D eigenvalue weighted by atomic mass is 10.1. The predicted molar refractivity (Wildman–Crippen MR) is 70.0 cm³/mol. The molecule has 0 heterocycles. The highest BCUT2D eigenvalue weighted by molar-refractivity contribution is 9.10. The highest BCUT2D eigenvalue weighted by Crippen LogP contribution is 2.24. The van der Waals surface area contributed by atoms with Crippen LogP contribution in [-0.2, 0) is 0 Å². The monoisotopic (exact) mass is 287 g/mol. The molecule has 0 aliphatic rings. The van der Waals surface area contributed by atoms with Gasteiger partial charge in [0.2, 0.25) is 0 Å². The number of hydrogen-bond donors (Lipinski definition) is 1. The minimum atomic E-state index is -0.204. The van der Waals surface area contributed by atoms with Crippen LogP contribution < -0.4 is 5.32 Å². The molecule has 2 atom stereocenters. The van der Waals surface area contributed by atoms with Crippen LogP contribution in [0.4, 0.5) is 4.39 Å². The van der Waals surface area contributed by atoms with Gasteiger partial charge in [0.05, 0.1) is 0 Å². The highest BCUT2D eigenvalue weighted by atomic mass is 79.9. The Balaban J connectivity index is 2.69. The van der Waals surface area contributed by atoms with E-state index in [0.29, 0.717) is 6.04 Å². The second-order valence-electron chi connectivity index (χ2n) is 4.24. The lowest BCUT2D eigenvalue weighted by Gasteiger charge is -2.21. The van der Waals surface area contributed by atoms with Crippen molar-refractivity contribution in [2.75, 3.05) is 0 Å². The van der Waals surface area contributed by atoms with Crippen LogP contribution in [0.2, 0.25) is 0 Å². The van der Waals surface area contributed by atoms with E-state index in [1.807, 2.05) is 6.07 Å². The van der Waals surface area contributed by atoms with Gasteiger partial charge in [0.15, 0.2) is 0 Å². The quantitative estimate of drug-likeness (QED) is 0.845. The fraction of sp³-hybridized carbons (Fsp3) is 0.538. The summed E-state index contributed by atoms with van der Waals surface area (Å²) < 4.78 is 13.8. The van der Waals surface area contributed by atoms with Crippen LogP contribution in [-0.4, -0.2) is 6.04 Å². The van der Waals surface area contributed by atoms with E-state index in [9.17, 15) is 4.39 Å². The molecule has 0 saturated carbocycles. The van der Waals surface area contributed by atoms with Gasteiger partial charge in [0.25, 0.3) is 0 Å². The number of benzene rings is 1. The van der Waals surface area contributed by atoms with Crippen molar-refractivity contribution in [1.82, 2.24) is 5.32 Å². The number of halogens is 2. The van der Waals surface area contributed by atoms with Gasteiger partial charge in [-0.2, -0.15) is 0 Å². The molecule has 0 saturated heterocycles. The van der Waals surface area contributed by atoms with Crippen molar-refractivity contribution < 1.29 is 4.39 Å². The Hall–Kier alpha value is -0.410. The molecule has 0 radical (unpaired) electrons. The summed E-state index contributed by atoms with van der Waals surface area (Å²) in [7, 11) is 0. The molecule has 1 aromatic carbocycles. The summed E-state index contributed by atoms with van der Waals surface area (Å²) in [4.78, 5) is 0. The lowest BCUT2D eigenvalue weighted by molar-refractivity contribution is 0.451. The second kappa shape index (κ2) is 6.36. The largest absolute Gasteiger partial charge is 0.308 e. The van der Waals surface area contributed by atoms with Crippen molar-refractivity contribution in [2.24, 2.45) is 0 Å². The van der Waals surface area contributed by atoms with E-state index in [1.165, 1.54) is 18.6 Å². The van der Waals surface area contributed by atoms with Crippen LogP contribution in [0.1, 0.15) is 45.2 Å². The SMILES string of the molecule is CCCC(C)NC(C)c1ccc(F)cc1Br. The molecular formula is C13H19BrFN. The summed E-state index contributed by atoms with van der Waals surface area (Å²) in [5, 5.41) is 3.50. The minimum Gasteiger partial charge on any atom is -0.308 e. The third-order valence-corrected chi connectivity index (χ3v) is 3.37.